The first-order chi connectivity index (χ1) is 13.9. The van der Waals surface area contributed by atoms with Crippen LogP contribution >= 0.6 is 11.6 Å². The maximum absolute atomic E-state index is 13.1. The highest BCUT2D eigenvalue weighted by Gasteiger charge is 2.29. The van der Waals surface area contributed by atoms with Crippen molar-refractivity contribution in [2.24, 2.45) is 0 Å². The quantitative estimate of drug-likeness (QED) is 0.741. The molecule has 1 heterocycles. The molecule has 1 saturated heterocycles. The fraction of sp³-hybridized carbons (Fsp3) is 0.350. The van der Waals surface area contributed by atoms with E-state index >= 15 is 0 Å². The highest BCUT2D eigenvalue weighted by molar-refractivity contribution is 7.89. The van der Waals surface area contributed by atoms with Crippen LogP contribution in [0.5, 0.6) is 11.5 Å². The third-order valence-electron chi connectivity index (χ3n) is 4.77. The predicted molar refractivity (Wildman–Crippen MR) is 112 cm³/mol. The standard InChI is InChI=1S/C20H23ClN2O5S/c1-27-17-8-6-14(12-16(17)21)20(24)22-15-7-9-18(28-2)19(13-15)29(25,26)23-10-4-3-5-11-23/h6-9,12-13H,3-5,10-11H2,1-2H3,(H,22,24). The third-order valence-corrected chi connectivity index (χ3v) is 6.98. The molecule has 9 heteroatoms. The van der Waals surface area contributed by atoms with Crippen molar-refractivity contribution in [1.82, 2.24) is 4.31 Å². The zero-order valence-corrected chi connectivity index (χ0v) is 17.8. The van der Waals surface area contributed by atoms with Crippen molar-refractivity contribution >= 4 is 33.2 Å². The molecule has 29 heavy (non-hydrogen) atoms. The lowest BCUT2D eigenvalue weighted by Gasteiger charge is -2.26. The minimum Gasteiger partial charge on any atom is -0.495 e. The molecule has 0 saturated carbocycles. The molecule has 1 N–H and O–H groups in total. The summed E-state index contributed by atoms with van der Waals surface area (Å²) in [6, 6.07) is 9.22. The monoisotopic (exact) mass is 438 g/mol. The first kappa shape index (κ1) is 21.4. The summed E-state index contributed by atoms with van der Waals surface area (Å²) in [6.07, 6.45) is 2.68. The van der Waals surface area contributed by atoms with E-state index in [-0.39, 0.29) is 10.6 Å². The van der Waals surface area contributed by atoms with Crippen molar-refractivity contribution in [3.8, 4) is 11.5 Å². The zero-order chi connectivity index (χ0) is 21.0. The number of methoxy groups -OCH3 is 2. The van der Waals surface area contributed by atoms with Gasteiger partial charge < -0.3 is 14.8 Å². The van der Waals surface area contributed by atoms with Crippen molar-refractivity contribution in [1.29, 1.82) is 0 Å². The Morgan fingerprint density at radius 2 is 1.66 bits per heavy atom. The minimum absolute atomic E-state index is 0.0347. The fourth-order valence-corrected chi connectivity index (χ4v) is 5.17. The second-order valence-electron chi connectivity index (χ2n) is 6.63. The number of carbonyl (C=O) groups is 1. The molecule has 0 aromatic heterocycles. The highest BCUT2D eigenvalue weighted by Crippen LogP contribution is 2.31. The summed E-state index contributed by atoms with van der Waals surface area (Å²) in [4.78, 5) is 12.6. The smallest absolute Gasteiger partial charge is 0.255 e. The Morgan fingerprint density at radius 1 is 1.00 bits per heavy atom. The molecule has 2 aromatic carbocycles. The van der Waals surface area contributed by atoms with Crippen LogP contribution in [0.15, 0.2) is 41.3 Å². The number of hydrogen-bond donors (Lipinski definition) is 1. The number of hydrogen-bond acceptors (Lipinski definition) is 5. The Balaban J connectivity index is 1.88. The minimum atomic E-state index is -3.72. The second kappa shape index (κ2) is 9.02. The van der Waals surface area contributed by atoms with Crippen LogP contribution < -0.4 is 14.8 Å². The largest absolute Gasteiger partial charge is 0.495 e. The van der Waals surface area contributed by atoms with Crippen molar-refractivity contribution in [3.63, 3.8) is 0 Å². The van der Waals surface area contributed by atoms with Gasteiger partial charge in [-0.2, -0.15) is 4.31 Å². The number of ether oxygens (including phenoxy) is 2. The summed E-state index contributed by atoms with van der Waals surface area (Å²) in [7, 11) is -0.817. The van der Waals surface area contributed by atoms with Gasteiger partial charge >= 0.3 is 0 Å². The van der Waals surface area contributed by atoms with Gasteiger partial charge in [0.2, 0.25) is 10.0 Å². The van der Waals surface area contributed by atoms with E-state index in [9.17, 15) is 13.2 Å². The van der Waals surface area contributed by atoms with Crippen LogP contribution in [0.2, 0.25) is 5.02 Å². The van der Waals surface area contributed by atoms with Gasteiger partial charge in [0.05, 0.1) is 19.2 Å². The molecule has 0 atom stereocenters. The van der Waals surface area contributed by atoms with Gasteiger partial charge in [0.15, 0.2) is 0 Å². The van der Waals surface area contributed by atoms with E-state index in [0.717, 1.165) is 19.3 Å². The average Bonchev–Trinajstić information content (AvgIpc) is 2.74. The van der Waals surface area contributed by atoms with E-state index in [2.05, 4.69) is 5.32 Å². The van der Waals surface area contributed by atoms with E-state index in [1.807, 2.05) is 0 Å². The average molecular weight is 439 g/mol. The number of nitrogens with zero attached hydrogens (tertiary/aromatic N) is 1. The van der Waals surface area contributed by atoms with Crippen LogP contribution in [-0.4, -0.2) is 45.9 Å². The molecule has 156 valence electrons. The van der Waals surface area contributed by atoms with Gasteiger partial charge in [-0.05, 0) is 49.2 Å². The molecule has 2 aromatic rings. The van der Waals surface area contributed by atoms with Crippen LogP contribution in [0.1, 0.15) is 29.6 Å². The molecule has 0 aliphatic carbocycles. The van der Waals surface area contributed by atoms with E-state index in [1.54, 1.807) is 18.2 Å². The Labute approximate surface area is 175 Å². The summed E-state index contributed by atoms with van der Waals surface area (Å²) in [6.45, 7) is 0.957. The number of rotatable bonds is 6. The first-order valence-electron chi connectivity index (χ1n) is 9.20. The maximum atomic E-state index is 13.1. The van der Waals surface area contributed by atoms with Crippen LogP contribution in [0.3, 0.4) is 0 Å². The van der Waals surface area contributed by atoms with E-state index < -0.39 is 15.9 Å². The Kier molecular flexibility index (Phi) is 6.66. The number of amides is 1. The molecular weight excluding hydrogens is 416 g/mol. The first-order valence-corrected chi connectivity index (χ1v) is 11.0. The number of carbonyl (C=O) groups excluding carboxylic acids is 1. The predicted octanol–water partition coefficient (Wildman–Crippen LogP) is 3.78. The SMILES string of the molecule is COc1ccc(C(=O)Nc2ccc(OC)c(S(=O)(=O)N3CCCCC3)c2)cc1Cl. The number of halogens is 1. The van der Waals surface area contributed by atoms with Crippen molar-refractivity contribution in [3.05, 3.63) is 47.0 Å². The molecule has 1 aliphatic heterocycles. The molecule has 0 spiro atoms. The van der Waals surface area contributed by atoms with Crippen molar-refractivity contribution in [2.45, 2.75) is 24.2 Å². The fourth-order valence-electron chi connectivity index (χ4n) is 3.21. The van der Waals surface area contributed by atoms with Gasteiger partial charge in [0, 0.05) is 24.3 Å². The summed E-state index contributed by atoms with van der Waals surface area (Å²) in [5, 5.41) is 3.02. The van der Waals surface area contributed by atoms with Gasteiger partial charge in [-0.3, -0.25) is 4.79 Å². The molecule has 1 aliphatic rings. The third kappa shape index (κ3) is 4.66. The number of piperidine rings is 1. The zero-order valence-electron chi connectivity index (χ0n) is 16.3. The molecule has 3 rings (SSSR count). The van der Waals surface area contributed by atoms with Crippen molar-refractivity contribution < 1.29 is 22.7 Å². The Hall–Kier alpha value is -2.29. The van der Waals surface area contributed by atoms with Crippen molar-refractivity contribution in [2.75, 3.05) is 32.6 Å². The lowest BCUT2D eigenvalue weighted by Crippen LogP contribution is -2.35. The van der Waals surface area contributed by atoms with Gasteiger partial charge in [-0.1, -0.05) is 18.0 Å². The molecule has 0 radical (unpaired) electrons. The normalized spacial score (nSPS) is 15.0. The van der Waals surface area contributed by atoms with Gasteiger partial charge in [-0.25, -0.2) is 8.42 Å². The maximum Gasteiger partial charge on any atom is 0.255 e. The van der Waals surface area contributed by atoms with Crippen LogP contribution in [0.25, 0.3) is 0 Å². The van der Waals surface area contributed by atoms with Crippen LogP contribution in [0.4, 0.5) is 5.69 Å². The van der Waals surface area contributed by atoms with Gasteiger partial charge in [0.25, 0.3) is 5.91 Å². The van der Waals surface area contributed by atoms with E-state index in [0.29, 0.717) is 35.1 Å². The number of benzene rings is 2. The molecule has 1 fully saturated rings. The molecule has 7 nitrogen and oxygen atoms in total. The number of sulfonamides is 1. The van der Waals surface area contributed by atoms with Crippen LogP contribution in [0, 0.1) is 0 Å². The van der Waals surface area contributed by atoms with Crippen LogP contribution in [-0.2, 0) is 10.0 Å². The number of nitrogens with one attached hydrogen (secondary N) is 1. The summed E-state index contributed by atoms with van der Waals surface area (Å²) < 4.78 is 38.0. The summed E-state index contributed by atoms with van der Waals surface area (Å²) in [5.74, 6) is 0.282. The highest BCUT2D eigenvalue weighted by atomic mass is 35.5. The summed E-state index contributed by atoms with van der Waals surface area (Å²) >= 11 is 6.08. The molecule has 1 amide bonds. The van der Waals surface area contributed by atoms with E-state index in [4.69, 9.17) is 21.1 Å². The van der Waals surface area contributed by atoms with E-state index in [1.165, 1.54) is 36.7 Å². The molecular formula is C20H23ClN2O5S. The lowest BCUT2D eigenvalue weighted by molar-refractivity contribution is 0.102. The lowest BCUT2D eigenvalue weighted by atomic mass is 10.2. The summed E-state index contributed by atoms with van der Waals surface area (Å²) in [5.41, 5.74) is 0.672. The Bertz CT molecular complexity index is 1000. The second-order valence-corrected chi connectivity index (χ2v) is 8.95. The topological polar surface area (TPSA) is 84.9 Å². The number of anilines is 1. The van der Waals surface area contributed by atoms with Gasteiger partial charge in [-0.15, -0.1) is 0 Å². The molecule has 0 bridgehead atoms. The van der Waals surface area contributed by atoms with Gasteiger partial charge in [0.1, 0.15) is 16.4 Å². The Morgan fingerprint density at radius 3 is 2.28 bits per heavy atom. The molecule has 0 unspecified atom stereocenters.